The number of fused-ring (bicyclic) bond motifs is 1. The Morgan fingerprint density at radius 3 is 2.67 bits per heavy atom. The number of hydrogen-bond donors (Lipinski definition) is 1. The zero-order valence-electron chi connectivity index (χ0n) is 11.3. The van der Waals surface area contributed by atoms with Crippen LogP contribution in [0.2, 0.25) is 5.02 Å². The van der Waals surface area contributed by atoms with E-state index in [-0.39, 0.29) is 5.82 Å². The molecule has 1 aromatic heterocycles. The summed E-state index contributed by atoms with van der Waals surface area (Å²) in [4.78, 5) is 4.32. The number of halogens is 2. The molecule has 106 valence electrons. The van der Waals surface area contributed by atoms with Gasteiger partial charge < -0.3 is 5.11 Å². The fraction of sp³-hybridized carbons (Fsp3) is 0.118. The molecule has 0 aliphatic carbocycles. The van der Waals surface area contributed by atoms with Gasteiger partial charge in [0.25, 0.3) is 0 Å². The largest absolute Gasteiger partial charge is 0.384 e. The summed E-state index contributed by atoms with van der Waals surface area (Å²) in [6.45, 7) is 1.77. The molecule has 0 radical (unpaired) electrons. The second-order valence-electron chi connectivity index (χ2n) is 4.94. The number of nitrogens with zero attached hydrogens (tertiary/aromatic N) is 1. The molecule has 2 aromatic carbocycles. The molecule has 4 heteroatoms. The summed E-state index contributed by atoms with van der Waals surface area (Å²) >= 11 is 6.16. The van der Waals surface area contributed by atoms with Crippen molar-refractivity contribution in [2.24, 2.45) is 0 Å². The van der Waals surface area contributed by atoms with E-state index in [1.807, 2.05) is 6.07 Å². The molecule has 0 aliphatic heterocycles. The van der Waals surface area contributed by atoms with Gasteiger partial charge in [0.15, 0.2) is 0 Å². The number of rotatable bonds is 2. The summed E-state index contributed by atoms with van der Waals surface area (Å²) < 4.78 is 13.2. The molecule has 21 heavy (non-hydrogen) atoms. The maximum absolute atomic E-state index is 13.2. The standard InChI is InChI=1S/C17H13ClFNO/c1-10-9-11(19)4-5-12(10)17(21)14-6-7-15(18)13-3-2-8-20-16(13)14/h2-9,17,21H,1H3. The first-order valence-electron chi connectivity index (χ1n) is 6.55. The number of benzene rings is 2. The van der Waals surface area contributed by atoms with Crippen LogP contribution in [0.1, 0.15) is 22.8 Å². The van der Waals surface area contributed by atoms with Crippen LogP contribution < -0.4 is 0 Å². The predicted octanol–water partition coefficient (Wildman–Crippen LogP) is 4.42. The first-order chi connectivity index (χ1) is 10.1. The van der Waals surface area contributed by atoms with Crippen LogP contribution in [-0.2, 0) is 0 Å². The van der Waals surface area contributed by atoms with Crippen LogP contribution in [-0.4, -0.2) is 10.1 Å². The molecule has 1 unspecified atom stereocenters. The zero-order chi connectivity index (χ0) is 15.0. The molecule has 0 amide bonds. The first-order valence-corrected chi connectivity index (χ1v) is 6.93. The minimum atomic E-state index is -0.875. The van der Waals surface area contributed by atoms with Crippen molar-refractivity contribution in [3.05, 3.63) is 76.2 Å². The van der Waals surface area contributed by atoms with Crippen LogP contribution in [0, 0.1) is 12.7 Å². The van der Waals surface area contributed by atoms with E-state index in [0.717, 1.165) is 5.39 Å². The van der Waals surface area contributed by atoms with E-state index in [1.54, 1.807) is 37.4 Å². The molecule has 2 nitrogen and oxygen atoms in total. The minimum absolute atomic E-state index is 0.317. The van der Waals surface area contributed by atoms with Gasteiger partial charge >= 0.3 is 0 Å². The number of aromatic nitrogens is 1. The van der Waals surface area contributed by atoms with Gasteiger partial charge in [0.05, 0.1) is 5.52 Å². The number of pyridine rings is 1. The third-order valence-electron chi connectivity index (χ3n) is 3.57. The van der Waals surface area contributed by atoms with Crippen molar-refractivity contribution in [1.29, 1.82) is 0 Å². The summed E-state index contributed by atoms with van der Waals surface area (Å²) in [6, 6.07) is 11.5. The fourth-order valence-electron chi connectivity index (χ4n) is 2.49. The van der Waals surface area contributed by atoms with Crippen molar-refractivity contribution >= 4 is 22.5 Å². The van der Waals surface area contributed by atoms with Crippen LogP contribution in [0.15, 0.2) is 48.7 Å². The van der Waals surface area contributed by atoms with Crippen LogP contribution in [0.3, 0.4) is 0 Å². The number of aryl methyl sites for hydroxylation is 1. The van der Waals surface area contributed by atoms with E-state index in [9.17, 15) is 9.50 Å². The minimum Gasteiger partial charge on any atom is -0.384 e. The summed E-state index contributed by atoms with van der Waals surface area (Å²) in [5.41, 5.74) is 2.66. The summed E-state index contributed by atoms with van der Waals surface area (Å²) in [6.07, 6.45) is 0.784. The lowest BCUT2D eigenvalue weighted by atomic mass is 9.95. The molecule has 0 fully saturated rings. The van der Waals surface area contributed by atoms with E-state index >= 15 is 0 Å². The topological polar surface area (TPSA) is 33.1 Å². The van der Waals surface area contributed by atoms with Crippen LogP contribution >= 0.6 is 11.6 Å². The van der Waals surface area contributed by atoms with Gasteiger partial charge in [-0.2, -0.15) is 0 Å². The highest BCUT2D eigenvalue weighted by Gasteiger charge is 2.17. The Hall–Kier alpha value is -1.97. The van der Waals surface area contributed by atoms with Crippen LogP contribution in [0.25, 0.3) is 10.9 Å². The monoisotopic (exact) mass is 301 g/mol. The molecular weight excluding hydrogens is 289 g/mol. The lowest BCUT2D eigenvalue weighted by molar-refractivity contribution is 0.221. The Balaban J connectivity index is 2.18. The molecule has 0 saturated heterocycles. The lowest BCUT2D eigenvalue weighted by Crippen LogP contribution is -2.04. The Morgan fingerprint density at radius 2 is 1.90 bits per heavy atom. The number of hydrogen-bond acceptors (Lipinski definition) is 2. The molecule has 1 atom stereocenters. The van der Waals surface area contributed by atoms with Gasteiger partial charge in [-0.05, 0) is 48.4 Å². The normalized spacial score (nSPS) is 12.6. The number of aliphatic hydroxyl groups is 1. The molecule has 0 bridgehead atoms. The van der Waals surface area contributed by atoms with Gasteiger partial charge in [0.2, 0.25) is 0 Å². The van der Waals surface area contributed by atoms with Crippen molar-refractivity contribution in [3.8, 4) is 0 Å². The average molecular weight is 302 g/mol. The molecule has 0 spiro atoms. The maximum atomic E-state index is 13.2. The van der Waals surface area contributed by atoms with Gasteiger partial charge in [0, 0.05) is 22.2 Å². The van der Waals surface area contributed by atoms with Gasteiger partial charge in [-0.1, -0.05) is 23.7 Å². The molecule has 1 N–H and O–H groups in total. The van der Waals surface area contributed by atoms with Gasteiger partial charge in [0.1, 0.15) is 11.9 Å². The number of aliphatic hydroxyl groups excluding tert-OH is 1. The summed E-state index contributed by atoms with van der Waals surface area (Å²) in [5, 5.41) is 12.0. The van der Waals surface area contributed by atoms with E-state index < -0.39 is 6.10 Å². The highest BCUT2D eigenvalue weighted by molar-refractivity contribution is 6.35. The van der Waals surface area contributed by atoms with Gasteiger partial charge in [-0.15, -0.1) is 0 Å². The average Bonchev–Trinajstić information content (AvgIpc) is 2.47. The summed E-state index contributed by atoms with van der Waals surface area (Å²) in [5.74, 6) is -0.317. The smallest absolute Gasteiger partial charge is 0.123 e. The third-order valence-corrected chi connectivity index (χ3v) is 3.90. The fourth-order valence-corrected chi connectivity index (χ4v) is 2.71. The lowest BCUT2D eigenvalue weighted by Gasteiger charge is -2.16. The van der Waals surface area contributed by atoms with Crippen molar-refractivity contribution in [1.82, 2.24) is 4.98 Å². The van der Waals surface area contributed by atoms with Crippen molar-refractivity contribution in [3.63, 3.8) is 0 Å². The Kier molecular flexibility index (Phi) is 3.62. The zero-order valence-corrected chi connectivity index (χ0v) is 12.1. The molecule has 3 aromatic rings. The van der Waals surface area contributed by atoms with Crippen LogP contribution in [0.5, 0.6) is 0 Å². The predicted molar refractivity (Wildman–Crippen MR) is 82.0 cm³/mol. The first kappa shape index (κ1) is 14.0. The van der Waals surface area contributed by atoms with E-state index in [1.165, 1.54) is 12.1 Å². The molecule has 0 saturated carbocycles. The third kappa shape index (κ3) is 2.50. The van der Waals surface area contributed by atoms with Gasteiger partial charge in [-0.25, -0.2) is 4.39 Å². The molecule has 0 aliphatic rings. The van der Waals surface area contributed by atoms with Crippen LogP contribution in [0.4, 0.5) is 4.39 Å². The Labute approximate surface area is 126 Å². The molecule has 3 rings (SSSR count). The highest BCUT2D eigenvalue weighted by Crippen LogP contribution is 2.32. The van der Waals surface area contributed by atoms with Crippen molar-refractivity contribution < 1.29 is 9.50 Å². The molecular formula is C17H13ClFNO. The molecule has 1 heterocycles. The quantitative estimate of drug-likeness (QED) is 0.760. The second kappa shape index (κ2) is 5.43. The van der Waals surface area contributed by atoms with Crippen molar-refractivity contribution in [2.75, 3.05) is 0 Å². The highest BCUT2D eigenvalue weighted by atomic mass is 35.5. The summed E-state index contributed by atoms with van der Waals surface area (Å²) in [7, 11) is 0. The Morgan fingerprint density at radius 1 is 1.14 bits per heavy atom. The second-order valence-corrected chi connectivity index (χ2v) is 5.35. The Bertz CT molecular complexity index is 819. The maximum Gasteiger partial charge on any atom is 0.123 e. The van der Waals surface area contributed by atoms with Gasteiger partial charge in [-0.3, -0.25) is 4.98 Å². The van der Waals surface area contributed by atoms with E-state index in [0.29, 0.717) is 27.2 Å². The SMILES string of the molecule is Cc1cc(F)ccc1C(O)c1ccc(Cl)c2cccnc12. The van der Waals surface area contributed by atoms with E-state index in [4.69, 9.17) is 11.6 Å². The van der Waals surface area contributed by atoms with E-state index in [2.05, 4.69) is 4.98 Å². The van der Waals surface area contributed by atoms with Crippen molar-refractivity contribution in [2.45, 2.75) is 13.0 Å².